The van der Waals surface area contributed by atoms with Gasteiger partial charge in [-0.2, -0.15) is 0 Å². The normalized spacial score (nSPS) is 11.0. The molecule has 0 heterocycles. The number of nitrogens with one attached hydrogen (secondary N) is 1. The van der Waals surface area contributed by atoms with Crippen LogP contribution in [0.3, 0.4) is 0 Å². The smallest absolute Gasteiger partial charge is 0.412 e. The molecule has 0 atom stereocenters. The second-order valence-corrected chi connectivity index (χ2v) is 7.76. The van der Waals surface area contributed by atoms with Gasteiger partial charge in [0.05, 0.1) is 6.61 Å². The fraction of sp³-hybridized carbons (Fsp3) is 0.381. The minimum atomic E-state index is -0.534. The molecule has 2 aromatic carbocycles. The van der Waals surface area contributed by atoms with Gasteiger partial charge in [0.1, 0.15) is 17.2 Å². The number of amides is 1. The third-order valence-electron chi connectivity index (χ3n) is 3.85. The summed E-state index contributed by atoms with van der Waals surface area (Å²) in [6.07, 6.45) is 0.200. The van der Waals surface area contributed by atoms with Crippen molar-refractivity contribution in [1.82, 2.24) is 0 Å². The lowest BCUT2D eigenvalue weighted by atomic mass is 9.49. The summed E-state index contributed by atoms with van der Waals surface area (Å²) in [5.74, 6) is 0.292. The summed E-state index contributed by atoms with van der Waals surface area (Å²) in [5.41, 5.74) is 1.88. The molecule has 0 saturated carbocycles. The molecule has 0 aliphatic carbocycles. The molecule has 0 unspecified atom stereocenters. The Labute approximate surface area is 162 Å². The molecule has 0 radical (unpaired) electrons. The predicted molar refractivity (Wildman–Crippen MR) is 111 cm³/mol. The summed E-state index contributed by atoms with van der Waals surface area (Å²) < 4.78 is 24.8. The van der Waals surface area contributed by atoms with Gasteiger partial charge < -0.3 is 9.47 Å². The average Bonchev–Trinajstić information content (AvgIpc) is 2.54. The lowest BCUT2D eigenvalue weighted by Gasteiger charge is -2.19. The van der Waals surface area contributed by atoms with Crippen LogP contribution in [0, 0.1) is 5.82 Å². The predicted octanol–water partition coefficient (Wildman–Crippen LogP) is 5.00. The zero-order valence-corrected chi connectivity index (χ0v) is 16.6. The maximum absolute atomic E-state index is 14.0. The largest absolute Gasteiger partial charge is 0.493 e. The van der Waals surface area contributed by atoms with Crippen LogP contribution in [-0.2, 0) is 11.2 Å². The van der Waals surface area contributed by atoms with Crippen molar-refractivity contribution in [2.75, 3.05) is 11.9 Å². The number of carbonyl (C=O) groups excluding carboxylic acids is 1. The number of ether oxygens (including phenoxy) is 2. The minimum Gasteiger partial charge on any atom is -0.493 e. The summed E-state index contributed by atoms with van der Waals surface area (Å²) in [7, 11) is 0. The summed E-state index contributed by atoms with van der Waals surface area (Å²) in [6.45, 7) is 9.96. The molecule has 27 heavy (non-hydrogen) atoms. The summed E-state index contributed by atoms with van der Waals surface area (Å²) in [5, 5.41) is 2.69. The van der Waals surface area contributed by atoms with Crippen LogP contribution in [0.15, 0.2) is 42.5 Å². The number of benzene rings is 2. The Kier molecular flexibility index (Phi) is 6.89. The Morgan fingerprint density at radius 3 is 2.37 bits per heavy atom. The van der Waals surface area contributed by atoms with E-state index in [1.165, 1.54) is 6.07 Å². The molecule has 4 nitrogen and oxygen atoms in total. The van der Waals surface area contributed by atoms with Crippen molar-refractivity contribution in [3.05, 3.63) is 53.8 Å². The van der Waals surface area contributed by atoms with E-state index < -0.39 is 11.7 Å². The molecule has 0 aliphatic rings. The van der Waals surface area contributed by atoms with Crippen LogP contribution in [0.1, 0.15) is 27.8 Å². The molecule has 0 aromatic heterocycles. The standard InChI is InChI=1S/C21H27BFNO3.H2/c1-21(2,3)27-20(25)24-16-8-6-15(7-9-16)12-13-26-17-10-11-18(22(4)5)19(23)14-17;/h6-11,14H,12-13H2,1-5H3,(H,24,25);1H. The van der Waals surface area contributed by atoms with Gasteiger partial charge in [0.15, 0.2) is 6.71 Å². The van der Waals surface area contributed by atoms with Gasteiger partial charge >= 0.3 is 6.09 Å². The maximum atomic E-state index is 14.0. The highest BCUT2D eigenvalue weighted by molar-refractivity contribution is 6.70. The molecule has 0 saturated heterocycles. The lowest BCUT2D eigenvalue weighted by molar-refractivity contribution is 0.0636. The van der Waals surface area contributed by atoms with Crippen LogP contribution in [0.25, 0.3) is 0 Å². The first-order valence-electron chi connectivity index (χ1n) is 9.15. The number of hydrogen-bond donors (Lipinski definition) is 1. The molecule has 2 aromatic rings. The van der Waals surface area contributed by atoms with Crippen LogP contribution in [0.5, 0.6) is 5.75 Å². The minimum absolute atomic E-state index is 0. The van der Waals surface area contributed by atoms with E-state index in [9.17, 15) is 9.18 Å². The van der Waals surface area contributed by atoms with E-state index >= 15 is 0 Å². The van der Waals surface area contributed by atoms with E-state index in [1.54, 1.807) is 12.1 Å². The van der Waals surface area contributed by atoms with Crippen molar-refractivity contribution < 1.29 is 20.1 Å². The highest BCUT2D eigenvalue weighted by Gasteiger charge is 2.16. The first-order valence-corrected chi connectivity index (χ1v) is 9.15. The second-order valence-electron chi connectivity index (χ2n) is 7.76. The molecule has 6 heteroatoms. The fourth-order valence-electron chi connectivity index (χ4n) is 2.53. The average molecular weight is 373 g/mol. The van der Waals surface area contributed by atoms with Gasteiger partial charge in [-0.3, -0.25) is 5.32 Å². The van der Waals surface area contributed by atoms with Crippen molar-refractivity contribution in [1.29, 1.82) is 0 Å². The van der Waals surface area contributed by atoms with Gasteiger partial charge in [-0.25, -0.2) is 9.18 Å². The van der Waals surface area contributed by atoms with E-state index in [4.69, 9.17) is 9.47 Å². The first kappa shape index (κ1) is 20.8. The molecular weight excluding hydrogens is 344 g/mol. The monoisotopic (exact) mass is 373 g/mol. The Morgan fingerprint density at radius 2 is 1.81 bits per heavy atom. The topological polar surface area (TPSA) is 47.6 Å². The number of hydrogen-bond acceptors (Lipinski definition) is 3. The quantitative estimate of drug-likeness (QED) is 0.725. The lowest BCUT2D eigenvalue weighted by Crippen LogP contribution is -2.27. The van der Waals surface area contributed by atoms with Crippen LogP contribution >= 0.6 is 0 Å². The molecule has 0 bridgehead atoms. The third-order valence-corrected chi connectivity index (χ3v) is 3.85. The molecular formula is C21H29BFNO3. The third kappa shape index (κ3) is 6.97. The van der Waals surface area contributed by atoms with Gasteiger partial charge in [-0.1, -0.05) is 31.8 Å². The van der Waals surface area contributed by atoms with Crippen molar-refractivity contribution >= 4 is 24.0 Å². The molecule has 1 amide bonds. The van der Waals surface area contributed by atoms with Crippen LogP contribution < -0.4 is 15.5 Å². The van der Waals surface area contributed by atoms with Crippen molar-refractivity contribution in [3.63, 3.8) is 0 Å². The Bertz CT molecular complexity index is 776. The first-order chi connectivity index (χ1) is 12.6. The van der Waals surface area contributed by atoms with Gasteiger partial charge in [-0.15, -0.1) is 0 Å². The fourth-order valence-corrected chi connectivity index (χ4v) is 2.53. The molecule has 0 fully saturated rings. The Balaban J connectivity index is 0.00000392. The SMILES string of the molecule is CB(C)c1ccc(OCCc2ccc(NC(=O)OC(C)(C)C)cc2)cc1F.[HH]. The van der Waals surface area contributed by atoms with Crippen molar-refractivity contribution in [3.8, 4) is 5.75 Å². The molecule has 2 rings (SSSR count). The Morgan fingerprint density at radius 1 is 1.15 bits per heavy atom. The number of anilines is 1. The van der Waals surface area contributed by atoms with Crippen LogP contribution in [0.2, 0.25) is 13.6 Å². The number of carbonyl (C=O) groups is 1. The van der Waals surface area contributed by atoms with Crippen molar-refractivity contribution in [2.45, 2.75) is 46.4 Å². The van der Waals surface area contributed by atoms with Crippen LogP contribution in [-0.4, -0.2) is 25.0 Å². The zero-order valence-electron chi connectivity index (χ0n) is 16.6. The maximum Gasteiger partial charge on any atom is 0.412 e. The van der Waals surface area contributed by atoms with Crippen LogP contribution in [0.4, 0.5) is 14.9 Å². The number of halogens is 1. The van der Waals surface area contributed by atoms with Gasteiger partial charge in [0.25, 0.3) is 0 Å². The van der Waals surface area contributed by atoms with Gasteiger partial charge in [0.2, 0.25) is 0 Å². The second kappa shape index (κ2) is 8.93. The van der Waals surface area contributed by atoms with E-state index in [2.05, 4.69) is 5.32 Å². The highest BCUT2D eigenvalue weighted by Crippen LogP contribution is 2.15. The molecule has 1 N–H and O–H groups in total. The van der Waals surface area contributed by atoms with E-state index in [1.807, 2.05) is 58.7 Å². The van der Waals surface area contributed by atoms with E-state index in [0.717, 1.165) is 5.56 Å². The number of rotatable bonds is 6. The van der Waals surface area contributed by atoms with Gasteiger partial charge in [-0.05, 0) is 50.0 Å². The molecule has 0 spiro atoms. The summed E-state index contributed by atoms with van der Waals surface area (Å²) in [6, 6.07) is 12.5. The van der Waals surface area contributed by atoms with Crippen molar-refractivity contribution in [2.24, 2.45) is 0 Å². The summed E-state index contributed by atoms with van der Waals surface area (Å²) in [4.78, 5) is 11.8. The summed E-state index contributed by atoms with van der Waals surface area (Å²) >= 11 is 0. The van der Waals surface area contributed by atoms with Gasteiger partial charge in [0, 0.05) is 19.6 Å². The molecule has 0 aliphatic heterocycles. The van der Waals surface area contributed by atoms with E-state index in [0.29, 0.717) is 29.9 Å². The highest BCUT2D eigenvalue weighted by atomic mass is 19.1. The zero-order chi connectivity index (χ0) is 20.0. The molecule has 146 valence electrons. The van der Waals surface area contributed by atoms with E-state index in [-0.39, 0.29) is 14.0 Å². The Hall–Kier alpha value is -2.50.